The smallest absolute Gasteiger partial charge is 0.283 e. The van der Waals surface area contributed by atoms with E-state index in [4.69, 9.17) is 27.9 Å². The Kier molecular flexibility index (Phi) is 7.33. The van der Waals surface area contributed by atoms with E-state index in [0.29, 0.717) is 33.4 Å². The highest BCUT2D eigenvalue weighted by atomic mass is 35.5. The predicted molar refractivity (Wildman–Crippen MR) is 142 cm³/mol. The number of imide groups is 1. The van der Waals surface area contributed by atoms with E-state index in [9.17, 15) is 14.4 Å². The molecule has 0 aromatic heterocycles. The first-order chi connectivity index (χ1) is 17.1. The number of hydrogen-bond donors (Lipinski definition) is 2. The Hall–Kier alpha value is -3.81. The molecule has 0 fully saturated rings. The number of rotatable bonds is 7. The molecule has 0 spiro atoms. The number of halogens is 2. The topological polar surface area (TPSA) is 87.7 Å². The summed E-state index contributed by atoms with van der Waals surface area (Å²) in [5.74, 6) is -0.890. The number of carbonyl (C=O) groups is 3. The van der Waals surface area contributed by atoms with Crippen LogP contribution < -0.4 is 20.3 Å². The normalized spacial score (nSPS) is 13.4. The van der Waals surface area contributed by atoms with E-state index in [2.05, 4.69) is 10.6 Å². The first-order valence-corrected chi connectivity index (χ1v) is 11.9. The van der Waals surface area contributed by atoms with E-state index < -0.39 is 11.8 Å². The van der Waals surface area contributed by atoms with Gasteiger partial charge in [0.2, 0.25) is 0 Å². The van der Waals surface area contributed by atoms with Crippen LogP contribution in [0.5, 0.6) is 5.75 Å². The predicted octanol–water partition coefficient (Wildman–Crippen LogP) is 6.12. The number of anilines is 3. The number of hydrogen-bond acceptors (Lipinski definition) is 5. The Bertz CT molecular complexity index is 1370. The lowest BCUT2D eigenvalue weighted by Crippen LogP contribution is -2.32. The van der Waals surface area contributed by atoms with Gasteiger partial charge in [-0.1, -0.05) is 29.3 Å². The maximum Gasteiger partial charge on any atom is 0.283 e. The number of aryl methyl sites for hydroxylation is 1. The molecule has 9 heteroatoms. The molecule has 4 rings (SSSR count). The first kappa shape index (κ1) is 25.3. The van der Waals surface area contributed by atoms with Gasteiger partial charge in [-0.3, -0.25) is 14.4 Å². The Balaban J connectivity index is 1.52. The molecular weight excluding hydrogens is 501 g/mol. The van der Waals surface area contributed by atoms with E-state index in [0.717, 1.165) is 10.5 Å². The Morgan fingerprint density at radius 1 is 0.917 bits per heavy atom. The van der Waals surface area contributed by atoms with Crippen molar-refractivity contribution in [3.63, 3.8) is 0 Å². The lowest BCUT2D eigenvalue weighted by atomic mass is 10.1. The van der Waals surface area contributed by atoms with Gasteiger partial charge in [-0.05, 0) is 87.0 Å². The van der Waals surface area contributed by atoms with Crippen LogP contribution in [0.2, 0.25) is 5.02 Å². The van der Waals surface area contributed by atoms with Crippen LogP contribution in [0.15, 0.2) is 77.5 Å². The van der Waals surface area contributed by atoms with Gasteiger partial charge >= 0.3 is 0 Å². The van der Waals surface area contributed by atoms with Crippen LogP contribution in [-0.2, 0) is 9.59 Å². The van der Waals surface area contributed by atoms with Gasteiger partial charge < -0.3 is 15.4 Å². The van der Waals surface area contributed by atoms with Gasteiger partial charge in [0.05, 0.1) is 11.8 Å². The zero-order chi connectivity index (χ0) is 26.0. The van der Waals surface area contributed by atoms with Gasteiger partial charge in [-0.25, -0.2) is 4.90 Å². The van der Waals surface area contributed by atoms with E-state index >= 15 is 0 Å². The molecule has 1 heterocycles. The fourth-order valence-corrected chi connectivity index (χ4v) is 3.90. The molecule has 7 nitrogen and oxygen atoms in total. The molecule has 2 N–H and O–H groups in total. The van der Waals surface area contributed by atoms with Gasteiger partial charge in [0.1, 0.15) is 16.5 Å². The van der Waals surface area contributed by atoms with Crippen molar-refractivity contribution in [2.45, 2.75) is 26.9 Å². The van der Waals surface area contributed by atoms with Gasteiger partial charge in [0.25, 0.3) is 17.7 Å². The summed E-state index contributed by atoms with van der Waals surface area (Å²) < 4.78 is 5.62. The van der Waals surface area contributed by atoms with E-state index in [1.807, 2.05) is 20.8 Å². The van der Waals surface area contributed by atoms with Crippen molar-refractivity contribution >= 4 is 58.0 Å². The summed E-state index contributed by atoms with van der Waals surface area (Å²) in [6.07, 6.45) is 0.0489. The Morgan fingerprint density at radius 3 is 2.22 bits per heavy atom. The van der Waals surface area contributed by atoms with Crippen molar-refractivity contribution < 1.29 is 19.1 Å². The Morgan fingerprint density at radius 2 is 1.58 bits per heavy atom. The lowest BCUT2D eigenvalue weighted by molar-refractivity contribution is -0.120. The van der Waals surface area contributed by atoms with Crippen LogP contribution in [0.1, 0.15) is 29.8 Å². The van der Waals surface area contributed by atoms with Crippen LogP contribution in [0, 0.1) is 6.92 Å². The highest BCUT2D eigenvalue weighted by molar-refractivity contribution is 6.53. The maximum absolute atomic E-state index is 13.1. The molecule has 0 unspecified atom stereocenters. The Labute approximate surface area is 218 Å². The molecule has 3 aromatic carbocycles. The van der Waals surface area contributed by atoms with Crippen molar-refractivity contribution in [1.82, 2.24) is 0 Å². The van der Waals surface area contributed by atoms with Crippen LogP contribution >= 0.6 is 23.2 Å². The number of nitrogens with zero attached hydrogens (tertiary/aromatic N) is 1. The number of amides is 3. The maximum atomic E-state index is 13.1. The van der Waals surface area contributed by atoms with Gasteiger partial charge in [0, 0.05) is 22.0 Å². The average molecular weight is 524 g/mol. The van der Waals surface area contributed by atoms with Crippen LogP contribution in [0.4, 0.5) is 17.1 Å². The molecule has 0 radical (unpaired) electrons. The third-order valence-electron chi connectivity index (χ3n) is 5.36. The largest absolute Gasteiger partial charge is 0.491 e. The highest BCUT2D eigenvalue weighted by Crippen LogP contribution is 2.32. The van der Waals surface area contributed by atoms with Crippen molar-refractivity contribution in [3.8, 4) is 5.75 Å². The first-order valence-electron chi connectivity index (χ1n) is 11.1. The molecule has 0 saturated heterocycles. The molecular formula is C27H23Cl2N3O4. The van der Waals surface area contributed by atoms with E-state index in [1.165, 1.54) is 0 Å². The minimum atomic E-state index is -0.650. The summed E-state index contributed by atoms with van der Waals surface area (Å²) in [6, 6.07) is 18.3. The van der Waals surface area contributed by atoms with Crippen molar-refractivity contribution in [2.75, 3.05) is 15.5 Å². The van der Waals surface area contributed by atoms with Crippen molar-refractivity contribution in [1.29, 1.82) is 0 Å². The standard InChI is InChI=1S/C27H23Cl2N3O4/c1-15(2)36-21-12-8-19(9-13-21)30-25(33)17-5-4-16(3)22(14-17)31-24-23(29)26(34)32(27(24)35)20-10-6-18(28)7-11-20/h4-15,31H,1-3H3,(H,30,33). The summed E-state index contributed by atoms with van der Waals surface area (Å²) in [5, 5.41) is 6.01. The third-order valence-corrected chi connectivity index (χ3v) is 5.96. The summed E-state index contributed by atoms with van der Waals surface area (Å²) >= 11 is 12.2. The average Bonchev–Trinajstić information content (AvgIpc) is 3.05. The molecule has 3 aromatic rings. The van der Waals surface area contributed by atoms with Crippen LogP contribution in [0.25, 0.3) is 0 Å². The fraction of sp³-hybridized carbons (Fsp3) is 0.148. The second kappa shape index (κ2) is 10.4. The number of carbonyl (C=O) groups excluding carboxylic acids is 3. The molecule has 0 bridgehead atoms. The molecule has 36 heavy (non-hydrogen) atoms. The molecule has 184 valence electrons. The molecule has 1 aliphatic heterocycles. The van der Waals surface area contributed by atoms with Crippen LogP contribution in [-0.4, -0.2) is 23.8 Å². The second-order valence-corrected chi connectivity index (χ2v) is 9.23. The zero-order valence-corrected chi connectivity index (χ0v) is 21.3. The quantitative estimate of drug-likeness (QED) is 0.364. The minimum absolute atomic E-state index is 0.0489. The summed E-state index contributed by atoms with van der Waals surface area (Å²) in [7, 11) is 0. The second-order valence-electron chi connectivity index (χ2n) is 8.41. The minimum Gasteiger partial charge on any atom is -0.491 e. The lowest BCUT2D eigenvalue weighted by Gasteiger charge is -2.16. The molecule has 3 amide bonds. The molecule has 0 atom stereocenters. The number of nitrogens with one attached hydrogen (secondary N) is 2. The monoisotopic (exact) mass is 523 g/mol. The summed E-state index contributed by atoms with van der Waals surface area (Å²) in [5.41, 5.74) is 2.46. The SMILES string of the molecule is Cc1ccc(C(=O)Nc2ccc(OC(C)C)cc2)cc1NC1=C(Cl)C(=O)N(c2ccc(Cl)cc2)C1=O. The van der Waals surface area contributed by atoms with Crippen molar-refractivity contribution in [2.24, 2.45) is 0 Å². The fourth-order valence-electron chi connectivity index (χ4n) is 3.56. The van der Waals surface area contributed by atoms with Crippen LogP contribution in [0.3, 0.4) is 0 Å². The highest BCUT2D eigenvalue weighted by Gasteiger charge is 2.39. The third kappa shape index (κ3) is 5.37. The van der Waals surface area contributed by atoms with E-state index in [1.54, 1.807) is 66.7 Å². The summed E-state index contributed by atoms with van der Waals surface area (Å²) in [6.45, 7) is 5.68. The number of benzene rings is 3. The zero-order valence-electron chi connectivity index (χ0n) is 19.8. The van der Waals surface area contributed by atoms with Gasteiger partial charge in [-0.2, -0.15) is 0 Å². The molecule has 0 saturated carbocycles. The van der Waals surface area contributed by atoms with Crippen molar-refractivity contribution in [3.05, 3.63) is 93.6 Å². The van der Waals surface area contributed by atoms with Gasteiger partial charge in [-0.15, -0.1) is 0 Å². The number of ether oxygens (including phenoxy) is 1. The summed E-state index contributed by atoms with van der Waals surface area (Å²) in [4.78, 5) is 39.6. The molecule has 0 aliphatic carbocycles. The molecule has 1 aliphatic rings. The van der Waals surface area contributed by atoms with E-state index in [-0.39, 0.29) is 22.7 Å². The van der Waals surface area contributed by atoms with Gasteiger partial charge in [0.15, 0.2) is 0 Å².